The first-order valence-electron chi connectivity index (χ1n) is 7.75. The fourth-order valence-electron chi connectivity index (χ4n) is 2.72. The van der Waals surface area contributed by atoms with Gasteiger partial charge in [0, 0.05) is 24.8 Å². The molecule has 0 bridgehead atoms. The molecule has 5 nitrogen and oxygen atoms in total. The van der Waals surface area contributed by atoms with E-state index in [0.29, 0.717) is 11.0 Å². The molecule has 2 N–H and O–H groups in total. The zero-order chi connectivity index (χ0) is 16.2. The minimum atomic E-state index is -0.338. The Kier molecular flexibility index (Phi) is 4.81. The molecule has 23 heavy (non-hydrogen) atoms. The average molecular weight is 328 g/mol. The third-order valence-corrected chi connectivity index (χ3v) is 4.92. The average Bonchev–Trinajstić information content (AvgIpc) is 3.06. The summed E-state index contributed by atoms with van der Waals surface area (Å²) in [6.07, 6.45) is 2.15. The molecule has 1 aliphatic rings. The van der Waals surface area contributed by atoms with Crippen LogP contribution < -0.4 is 5.73 Å². The van der Waals surface area contributed by atoms with Gasteiger partial charge in [-0.3, -0.25) is 4.79 Å². The number of anilines is 1. The van der Waals surface area contributed by atoms with E-state index in [1.54, 1.807) is 6.07 Å². The molecule has 3 rings (SSSR count). The summed E-state index contributed by atoms with van der Waals surface area (Å²) in [5.74, 6) is 0.558. The summed E-state index contributed by atoms with van der Waals surface area (Å²) in [5, 5.41) is 0.208. The highest BCUT2D eigenvalue weighted by atomic mass is 32.2. The molecule has 1 aliphatic heterocycles. The number of aryl methyl sites for hydroxylation is 1. The van der Waals surface area contributed by atoms with Crippen LogP contribution in [0, 0.1) is 6.92 Å². The fraction of sp³-hybridized carbons (Fsp3) is 0.353. The van der Waals surface area contributed by atoms with E-state index < -0.39 is 0 Å². The molecule has 1 aromatic carbocycles. The number of hydrogen-bond donors (Lipinski definition) is 1. The van der Waals surface area contributed by atoms with Gasteiger partial charge in [0.05, 0.1) is 0 Å². The van der Waals surface area contributed by atoms with E-state index in [-0.39, 0.29) is 11.2 Å². The first kappa shape index (κ1) is 15.8. The minimum Gasteiger partial charge on any atom is -0.384 e. The summed E-state index contributed by atoms with van der Waals surface area (Å²) in [7, 11) is 0. The molecule has 1 atom stereocenters. The molecule has 120 valence electrons. The number of carbonyl (C=O) groups excluding carboxylic acids is 1. The van der Waals surface area contributed by atoms with Crippen LogP contribution in [0.25, 0.3) is 0 Å². The van der Waals surface area contributed by atoms with Crippen LogP contribution in [-0.4, -0.2) is 33.9 Å². The van der Waals surface area contributed by atoms with Crippen molar-refractivity contribution in [2.24, 2.45) is 0 Å². The number of nitrogen functional groups attached to an aromatic ring is 1. The lowest BCUT2D eigenvalue weighted by Gasteiger charge is -2.22. The summed E-state index contributed by atoms with van der Waals surface area (Å²) in [5.41, 5.74) is 7.59. The van der Waals surface area contributed by atoms with Crippen molar-refractivity contribution in [3.8, 4) is 0 Å². The van der Waals surface area contributed by atoms with Crippen molar-refractivity contribution in [2.45, 2.75) is 30.2 Å². The van der Waals surface area contributed by atoms with E-state index in [2.05, 4.69) is 9.97 Å². The van der Waals surface area contributed by atoms with Crippen LogP contribution >= 0.6 is 11.8 Å². The monoisotopic (exact) mass is 328 g/mol. The van der Waals surface area contributed by atoms with E-state index in [9.17, 15) is 4.79 Å². The number of amides is 1. The zero-order valence-electron chi connectivity index (χ0n) is 13.1. The molecule has 0 saturated carbocycles. The number of likely N-dealkylation sites (tertiary alicyclic amines) is 1. The van der Waals surface area contributed by atoms with Crippen molar-refractivity contribution in [1.82, 2.24) is 14.9 Å². The van der Waals surface area contributed by atoms with Gasteiger partial charge in [-0.2, -0.15) is 0 Å². The van der Waals surface area contributed by atoms with E-state index >= 15 is 0 Å². The van der Waals surface area contributed by atoms with Crippen LogP contribution in [0.15, 0.2) is 41.6 Å². The summed E-state index contributed by atoms with van der Waals surface area (Å²) < 4.78 is 0. The summed E-state index contributed by atoms with van der Waals surface area (Å²) in [6.45, 7) is 3.54. The molecule has 0 spiro atoms. The third-order valence-electron chi connectivity index (χ3n) is 3.82. The molecule has 0 aliphatic carbocycles. The Morgan fingerprint density at radius 1 is 1.22 bits per heavy atom. The molecule has 1 fully saturated rings. The van der Waals surface area contributed by atoms with Gasteiger partial charge in [0.1, 0.15) is 11.1 Å². The number of nitrogens with zero attached hydrogens (tertiary/aromatic N) is 3. The third kappa shape index (κ3) is 3.82. The number of nitrogens with two attached hydrogens (primary N) is 1. The van der Waals surface area contributed by atoms with Gasteiger partial charge < -0.3 is 10.6 Å². The van der Waals surface area contributed by atoms with Crippen LogP contribution in [0.4, 0.5) is 5.82 Å². The Morgan fingerprint density at radius 2 is 1.91 bits per heavy atom. The van der Waals surface area contributed by atoms with E-state index in [1.807, 2.05) is 42.2 Å². The topological polar surface area (TPSA) is 72.1 Å². The van der Waals surface area contributed by atoms with Gasteiger partial charge in [0.15, 0.2) is 5.16 Å². The van der Waals surface area contributed by atoms with Crippen molar-refractivity contribution >= 4 is 23.5 Å². The molecular formula is C17H20N4OS. The predicted octanol–water partition coefficient (Wildman–Crippen LogP) is 2.82. The van der Waals surface area contributed by atoms with Gasteiger partial charge in [0.2, 0.25) is 5.91 Å². The van der Waals surface area contributed by atoms with Crippen molar-refractivity contribution in [3.63, 3.8) is 0 Å². The maximum absolute atomic E-state index is 12.9. The molecule has 1 saturated heterocycles. The first-order chi connectivity index (χ1) is 11.1. The Balaban J connectivity index is 1.90. The molecule has 2 aromatic rings. The molecular weight excluding hydrogens is 308 g/mol. The van der Waals surface area contributed by atoms with Gasteiger partial charge in [-0.15, -0.1) is 0 Å². The van der Waals surface area contributed by atoms with Crippen LogP contribution in [0.1, 0.15) is 29.3 Å². The standard InChI is InChI=1S/C17H20N4OS/c1-12-11-14(18)20-17(19-12)23-15(13-7-3-2-4-8-13)16(22)21-9-5-6-10-21/h2-4,7-8,11,15H,5-6,9-10H2,1H3,(H2,18,19,20). The number of carbonyl (C=O) groups is 1. The van der Waals surface area contributed by atoms with Crippen molar-refractivity contribution in [2.75, 3.05) is 18.8 Å². The van der Waals surface area contributed by atoms with Gasteiger partial charge in [-0.1, -0.05) is 42.1 Å². The molecule has 1 amide bonds. The lowest BCUT2D eigenvalue weighted by atomic mass is 10.1. The summed E-state index contributed by atoms with van der Waals surface area (Å²) >= 11 is 1.37. The maximum atomic E-state index is 12.9. The molecule has 6 heteroatoms. The Morgan fingerprint density at radius 3 is 2.57 bits per heavy atom. The van der Waals surface area contributed by atoms with E-state index in [4.69, 9.17) is 5.73 Å². The lowest BCUT2D eigenvalue weighted by Crippen LogP contribution is -2.31. The van der Waals surface area contributed by atoms with Gasteiger partial charge in [0.25, 0.3) is 0 Å². The molecule has 1 unspecified atom stereocenters. The molecule has 2 heterocycles. The quantitative estimate of drug-likeness (QED) is 0.690. The second kappa shape index (κ2) is 7.00. The zero-order valence-corrected chi connectivity index (χ0v) is 13.9. The predicted molar refractivity (Wildman–Crippen MR) is 92.0 cm³/mol. The smallest absolute Gasteiger partial charge is 0.240 e. The number of hydrogen-bond acceptors (Lipinski definition) is 5. The number of aromatic nitrogens is 2. The van der Waals surface area contributed by atoms with E-state index in [1.165, 1.54) is 11.8 Å². The highest BCUT2D eigenvalue weighted by Gasteiger charge is 2.29. The van der Waals surface area contributed by atoms with Crippen LogP contribution in [0.3, 0.4) is 0 Å². The fourth-order valence-corrected chi connectivity index (χ4v) is 3.82. The number of benzene rings is 1. The van der Waals surface area contributed by atoms with Gasteiger partial charge >= 0.3 is 0 Å². The lowest BCUT2D eigenvalue weighted by molar-refractivity contribution is -0.129. The highest BCUT2D eigenvalue weighted by molar-refractivity contribution is 8.00. The van der Waals surface area contributed by atoms with Gasteiger partial charge in [-0.05, 0) is 25.3 Å². The molecule has 0 radical (unpaired) electrons. The van der Waals surface area contributed by atoms with Crippen LogP contribution in [0.2, 0.25) is 0 Å². The van der Waals surface area contributed by atoms with Crippen molar-refractivity contribution < 1.29 is 4.79 Å². The first-order valence-corrected chi connectivity index (χ1v) is 8.63. The highest BCUT2D eigenvalue weighted by Crippen LogP contribution is 2.36. The number of thioether (sulfide) groups is 1. The number of rotatable bonds is 4. The van der Waals surface area contributed by atoms with Crippen molar-refractivity contribution in [3.05, 3.63) is 47.7 Å². The van der Waals surface area contributed by atoms with E-state index in [0.717, 1.165) is 37.2 Å². The summed E-state index contributed by atoms with van der Waals surface area (Å²) in [4.78, 5) is 23.5. The summed E-state index contributed by atoms with van der Waals surface area (Å²) in [6, 6.07) is 11.5. The SMILES string of the molecule is Cc1cc(N)nc(SC(C(=O)N2CCCC2)c2ccccc2)n1. The largest absolute Gasteiger partial charge is 0.384 e. The maximum Gasteiger partial charge on any atom is 0.240 e. The molecule has 1 aromatic heterocycles. The van der Waals surface area contributed by atoms with Crippen molar-refractivity contribution in [1.29, 1.82) is 0 Å². The van der Waals surface area contributed by atoms with Crippen LogP contribution in [-0.2, 0) is 4.79 Å². The second-order valence-corrected chi connectivity index (χ2v) is 6.73. The van der Waals surface area contributed by atoms with Gasteiger partial charge in [-0.25, -0.2) is 9.97 Å². The minimum absolute atomic E-state index is 0.127. The normalized spacial score (nSPS) is 15.6. The Bertz CT molecular complexity index is 666. The Hall–Kier alpha value is -2.08. The van der Waals surface area contributed by atoms with Crippen LogP contribution in [0.5, 0.6) is 0 Å². The Labute approximate surface area is 140 Å². The second-order valence-electron chi connectivity index (χ2n) is 5.66.